The highest BCUT2D eigenvalue weighted by Crippen LogP contribution is 2.10. The van der Waals surface area contributed by atoms with Gasteiger partial charge in [-0.15, -0.1) is 0 Å². The largest absolute Gasteiger partial charge is 0.504 e. The monoisotopic (exact) mass is 142 g/mol. The molecule has 10 heavy (non-hydrogen) atoms. The molecule has 3 nitrogen and oxygen atoms in total. The summed E-state index contributed by atoms with van der Waals surface area (Å²) in [5.74, 6) is 0.257. The first kappa shape index (κ1) is 9.01. The van der Waals surface area contributed by atoms with E-state index in [4.69, 9.17) is 5.11 Å². The van der Waals surface area contributed by atoms with Crippen LogP contribution < -0.4 is 0 Å². The average Bonchev–Trinajstić information content (AvgIpc) is 2.16. The Hall–Kier alpha value is -0.990. The molecule has 0 saturated carbocycles. The Labute approximate surface area is 61.3 Å². The summed E-state index contributed by atoms with van der Waals surface area (Å²) in [5.41, 5.74) is 0.674. The lowest BCUT2D eigenvalue weighted by Crippen LogP contribution is -1.86. The van der Waals surface area contributed by atoms with Crippen molar-refractivity contribution in [2.45, 2.75) is 20.8 Å². The summed E-state index contributed by atoms with van der Waals surface area (Å²) in [7, 11) is 1.77. The highest BCUT2D eigenvalue weighted by molar-refractivity contribution is 5.20. The molecule has 0 atom stereocenters. The lowest BCUT2D eigenvalue weighted by molar-refractivity contribution is 0.470. The topological polar surface area (TPSA) is 38.0 Å². The maximum Gasteiger partial charge on any atom is 0.156 e. The molecule has 1 heterocycles. The van der Waals surface area contributed by atoms with Gasteiger partial charge in [0.15, 0.2) is 5.75 Å². The molecule has 0 amide bonds. The Morgan fingerprint density at radius 3 is 2.10 bits per heavy atom. The van der Waals surface area contributed by atoms with Crippen LogP contribution in [0.1, 0.15) is 19.5 Å². The molecule has 58 valence electrons. The first-order chi connectivity index (χ1) is 4.70. The second-order valence-corrected chi connectivity index (χ2v) is 1.77. The molecular formula is C7H14N2O. The van der Waals surface area contributed by atoms with Crippen molar-refractivity contribution in [3.8, 4) is 5.75 Å². The van der Waals surface area contributed by atoms with E-state index in [1.807, 2.05) is 13.8 Å². The fourth-order valence-electron chi connectivity index (χ4n) is 0.587. The van der Waals surface area contributed by atoms with Crippen LogP contribution >= 0.6 is 0 Å². The summed E-state index contributed by atoms with van der Waals surface area (Å²) in [6, 6.07) is 0. The maximum atomic E-state index is 8.86. The third-order valence-electron chi connectivity index (χ3n) is 0.988. The lowest BCUT2D eigenvalue weighted by atomic mass is 10.5. The number of aryl methyl sites for hydroxylation is 2. The highest BCUT2D eigenvalue weighted by atomic mass is 16.3. The fraction of sp³-hybridized carbons (Fsp3) is 0.571. The maximum absolute atomic E-state index is 8.86. The van der Waals surface area contributed by atoms with Gasteiger partial charge in [-0.1, -0.05) is 13.8 Å². The third-order valence-corrected chi connectivity index (χ3v) is 0.988. The van der Waals surface area contributed by atoms with Crippen LogP contribution in [0, 0.1) is 6.92 Å². The molecule has 1 rings (SSSR count). The van der Waals surface area contributed by atoms with Crippen molar-refractivity contribution in [1.29, 1.82) is 0 Å². The van der Waals surface area contributed by atoms with Crippen molar-refractivity contribution in [1.82, 2.24) is 9.78 Å². The third kappa shape index (κ3) is 2.09. The van der Waals surface area contributed by atoms with Gasteiger partial charge in [-0.25, -0.2) is 0 Å². The second kappa shape index (κ2) is 3.93. The molecule has 0 radical (unpaired) electrons. The minimum atomic E-state index is 0.257. The minimum absolute atomic E-state index is 0.257. The van der Waals surface area contributed by atoms with Crippen LogP contribution in [-0.2, 0) is 7.05 Å². The lowest BCUT2D eigenvalue weighted by Gasteiger charge is -1.79. The normalized spacial score (nSPS) is 8.40. The van der Waals surface area contributed by atoms with Crippen molar-refractivity contribution in [3.05, 3.63) is 11.9 Å². The molecule has 0 aliphatic heterocycles. The smallest absolute Gasteiger partial charge is 0.156 e. The zero-order chi connectivity index (χ0) is 8.15. The van der Waals surface area contributed by atoms with Crippen LogP contribution in [0.15, 0.2) is 6.20 Å². The molecule has 0 aliphatic carbocycles. The SMILES string of the molecule is CC.Cc1nn(C)cc1O. The van der Waals surface area contributed by atoms with Gasteiger partial charge < -0.3 is 5.11 Å². The molecule has 1 aromatic rings. The van der Waals surface area contributed by atoms with E-state index in [1.54, 1.807) is 24.9 Å². The van der Waals surface area contributed by atoms with Gasteiger partial charge in [-0.3, -0.25) is 4.68 Å². The Balaban J connectivity index is 0.000000371. The van der Waals surface area contributed by atoms with Gasteiger partial charge in [0, 0.05) is 7.05 Å². The first-order valence-corrected chi connectivity index (χ1v) is 3.39. The van der Waals surface area contributed by atoms with E-state index in [0.717, 1.165) is 0 Å². The molecule has 0 unspecified atom stereocenters. The standard InChI is InChI=1S/C5H8N2O.C2H6/c1-4-5(8)3-7(2)6-4;1-2/h3,8H,1-2H3;1-2H3. The molecule has 0 saturated heterocycles. The summed E-state index contributed by atoms with van der Waals surface area (Å²) in [4.78, 5) is 0. The Morgan fingerprint density at radius 1 is 1.50 bits per heavy atom. The first-order valence-electron chi connectivity index (χ1n) is 3.39. The van der Waals surface area contributed by atoms with E-state index in [1.165, 1.54) is 0 Å². The van der Waals surface area contributed by atoms with E-state index in [9.17, 15) is 0 Å². The van der Waals surface area contributed by atoms with Crippen molar-refractivity contribution in [2.24, 2.45) is 7.05 Å². The number of hydrogen-bond acceptors (Lipinski definition) is 2. The number of nitrogens with zero attached hydrogens (tertiary/aromatic N) is 2. The van der Waals surface area contributed by atoms with Gasteiger partial charge in [0.05, 0.1) is 6.20 Å². The minimum Gasteiger partial charge on any atom is -0.504 e. The predicted octanol–water partition coefficient (Wildman–Crippen LogP) is 1.46. The number of aromatic hydroxyl groups is 1. The van der Waals surface area contributed by atoms with E-state index < -0.39 is 0 Å². The summed E-state index contributed by atoms with van der Waals surface area (Å²) in [5, 5.41) is 12.7. The van der Waals surface area contributed by atoms with E-state index in [2.05, 4.69) is 5.10 Å². The predicted molar refractivity (Wildman–Crippen MR) is 41.0 cm³/mol. The van der Waals surface area contributed by atoms with Gasteiger partial charge >= 0.3 is 0 Å². The van der Waals surface area contributed by atoms with E-state index in [-0.39, 0.29) is 5.75 Å². The van der Waals surface area contributed by atoms with E-state index >= 15 is 0 Å². The van der Waals surface area contributed by atoms with Gasteiger partial charge in [0.25, 0.3) is 0 Å². The van der Waals surface area contributed by atoms with Crippen LogP contribution in [0.4, 0.5) is 0 Å². The zero-order valence-electron chi connectivity index (χ0n) is 6.92. The Morgan fingerprint density at radius 2 is 2.00 bits per heavy atom. The second-order valence-electron chi connectivity index (χ2n) is 1.77. The molecule has 0 aromatic carbocycles. The fourth-order valence-corrected chi connectivity index (χ4v) is 0.587. The zero-order valence-corrected chi connectivity index (χ0v) is 6.92. The van der Waals surface area contributed by atoms with Crippen LogP contribution in [0.5, 0.6) is 5.75 Å². The summed E-state index contributed by atoms with van der Waals surface area (Å²) in [6.07, 6.45) is 1.56. The van der Waals surface area contributed by atoms with Crippen LogP contribution in [-0.4, -0.2) is 14.9 Å². The summed E-state index contributed by atoms with van der Waals surface area (Å²) >= 11 is 0. The van der Waals surface area contributed by atoms with Crippen LogP contribution in [0.3, 0.4) is 0 Å². The van der Waals surface area contributed by atoms with Crippen LogP contribution in [0.25, 0.3) is 0 Å². The Bertz CT molecular complexity index is 174. The van der Waals surface area contributed by atoms with Gasteiger partial charge in [0.2, 0.25) is 0 Å². The van der Waals surface area contributed by atoms with Gasteiger partial charge in [-0.2, -0.15) is 5.10 Å². The van der Waals surface area contributed by atoms with Crippen molar-refractivity contribution < 1.29 is 5.11 Å². The summed E-state index contributed by atoms with van der Waals surface area (Å²) < 4.78 is 1.57. The molecule has 0 aliphatic rings. The highest BCUT2D eigenvalue weighted by Gasteiger charge is 1.96. The molecule has 1 aromatic heterocycles. The molecule has 0 spiro atoms. The quantitative estimate of drug-likeness (QED) is 0.595. The summed E-state index contributed by atoms with van der Waals surface area (Å²) in [6.45, 7) is 5.76. The van der Waals surface area contributed by atoms with Crippen LogP contribution in [0.2, 0.25) is 0 Å². The van der Waals surface area contributed by atoms with E-state index in [0.29, 0.717) is 5.69 Å². The molecule has 1 N–H and O–H groups in total. The Kier molecular flexibility index (Phi) is 3.54. The van der Waals surface area contributed by atoms with Gasteiger partial charge in [-0.05, 0) is 6.92 Å². The van der Waals surface area contributed by atoms with Crippen molar-refractivity contribution in [3.63, 3.8) is 0 Å². The number of rotatable bonds is 0. The molecule has 0 bridgehead atoms. The molecular weight excluding hydrogens is 128 g/mol. The average molecular weight is 142 g/mol. The number of aromatic nitrogens is 2. The number of hydrogen-bond donors (Lipinski definition) is 1. The van der Waals surface area contributed by atoms with Crippen molar-refractivity contribution in [2.75, 3.05) is 0 Å². The molecule has 0 fully saturated rings. The molecule has 3 heteroatoms. The van der Waals surface area contributed by atoms with Crippen molar-refractivity contribution >= 4 is 0 Å². The van der Waals surface area contributed by atoms with Gasteiger partial charge in [0.1, 0.15) is 5.69 Å².